The van der Waals surface area contributed by atoms with Crippen molar-refractivity contribution in [1.29, 1.82) is 0 Å². The van der Waals surface area contributed by atoms with Gasteiger partial charge in [-0.3, -0.25) is 4.98 Å². The number of benzene rings is 1. The monoisotopic (exact) mass is 260 g/mol. The van der Waals surface area contributed by atoms with Crippen LogP contribution in [0.15, 0.2) is 48.7 Å². The standard InChI is InChI=1S/C15H17ClN2/c1-2-17-15(14-5-3-4-10-18-14)11-12-6-8-13(16)9-7-12/h3-10,15,17H,2,11H2,1H3. The molecule has 0 radical (unpaired) electrons. The third kappa shape index (κ3) is 3.56. The zero-order valence-electron chi connectivity index (χ0n) is 10.4. The van der Waals surface area contributed by atoms with Crippen LogP contribution in [-0.2, 0) is 6.42 Å². The number of hydrogen-bond acceptors (Lipinski definition) is 2. The van der Waals surface area contributed by atoms with Crippen LogP contribution in [0.5, 0.6) is 0 Å². The second-order valence-electron chi connectivity index (χ2n) is 4.20. The molecule has 1 aromatic heterocycles. The molecule has 18 heavy (non-hydrogen) atoms. The van der Waals surface area contributed by atoms with Gasteiger partial charge in [-0.2, -0.15) is 0 Å². The molecule has 2 nitrogen and oxygen atoms in total. The van der Waals surface area contributed by atoms with Crippen LogP contribution in [0, 0.1) is 0 Å². The molecule has 1 heterocycles. The molecular formula is C15H17ClN2. The molecule has 0 amide bonds. The Labute approximate surface area is 113 Å². The van der Waals surface area contributed by atoms with Crippen molar-refractivity contribution in [3.05, 3.63) is 64.9 Å². The van der Waals surface area contributed by atoms with Gasteiger partial charge in [0, 0.05) is 11.2 Å². The summed E-state index contributed by atoms with van der Waals surface area (Å²) in [5, 5.41) is 4.24. The number of hydrogen-bond donors (Lipinski definition) is 1. The number of likely N-dealkylation sites (N-methyl/N-ethyl adjacent to an activating group) is 1. The van der Waals surface area contributed by atoms with Crippen LogP contribution in [0.2, 0.25) is 5.02 Å². The second-order valence-corrected chi connectivity index (χ2v) is 4.63. The van der Waals surface area contributed by atoms with E-state index in [0.717, 1.165) is 23.7 Å². The summed E-state index contributed by atoms with van der Waals surface area (Å²) < 4.78 is 0. The van der Waals surface area contributed by atoms with Crippen molar-refractivity contribution in [1.82, 2.24) is 10.3 Å². The highest BCUT2D eigenvalue weighted by molar-refractivity contribution is 6.30. The first-order chi connectivity index (χ1) is 8.79. The molecule has 0 saturated carbocycles. The summed E-state index contributed by atoms with van der Waals surface area (Å²) in [7, 11) is 0. The van der Waals surface area contributed by atoms with Crippen LogP contribution >= 0.6 is 11.6 Å². The first-order valence-electron chi connectivity index (χ1n) is 6.18. The lowest BCUT2D eigenvalue weighted by molar-refractivity contribution is 0.537. The van der Waals surface area contributed by atoms with Crippen molar-refractivity contribution in [2.75, 3.05) is 6.54 Å². The van der Waals surface area contributed by atoms with E-state index in [-0.39, 0.29) is 6.04 Å². The van der Waals surface area contributed by atoms with Crippen molar-refractivity contribution < 1.29 is 0 Å². The number of nitrogens with zero attached hydrogens (tertiary/aromatic N) is 1. The molecule has 1 aromatic carbocycles. The number of pyridine rings is 1. The summed E-state index contributed by atoms with van der Waals surface area (Å²) in [6.07, 6.45) is 2.75. The molecule has 94 valence electrons. The Morgan fingerprint density at radius 3 is 2.56 bits per heavy atom. The molecule has 1 atom stereocenters. The van der Waals surface area contributed by atoms with Crippen LogP contribution in [0.1, 0.15) is 24.2 Å². The van der Waals surface area contributed by atoms with Crippen molar-refractivity contribution in [3.63, 3.8) is 0 Å². The average molecular weight is 261 g/mol. The zero-order valence-corrected chi connectivity index (χ0v) is 11.2. The molecule has 1 N–H and O–H groups in total. The maximum Gasteiger partial charge on any atom is 0.0576 e. The molecule has 2 aromatic rings. The third-order valence-electron chi connectivity index (χ3n) is 2.85. The molecule has 0 aliphatic heterocycles. The molecule has 1 unspecified atom stereocenters. The van der Waals surface area contributed by atoms with E-state index in [4.69, 9.17) is 11.6 Å². The first kappa shape index (κ1) is 13.1. The fraction of sp³-hybridized carbons (Fsp3) is 0.267. The zero-order chi connectivity index (χ0) is 12.8. The van der Waals surface area contributed by atoms with E-state index >= 15 is 0 Å². The Hall–Kier alpha value is -1.38. The predicted octanol–water partition coefficient (Wildman–Crippen LogP) is 3.63. The van der Waals surface area contributed by atoms with E-state index in [1.165, 1.54) is 5.56 Å². The number of aromatic nitrogens is 1. The van der Waals surface area contributed by atoms with Gasteiger partial charge in [-0.1, -0.05) is 36.7 Å². The number of halogens is 1. The lowest BCUT2D eigenvalue weighted by Gasteiger charge is -2.17. The van der Waals surface area contributed by atoms with Gasteiger partial charge in [0.05, 0.1) is 11.7 Å². The van der Waals surface area contributed by atoms with Crippen molar-refractivity contribution in [3.8, 4) is 0 Å². The summed E-state index contributed by atoms with van der Waals surface area (Å²) in [5.74, 6) is 0. The predicted molar refractivity (Wildman–Crippen MR) is 75.8 cm³/mol. The normalized spacial score (nSPS) is 12.3. The van der Waals surface area contributed by atoms with Gasteiger partial charge >= 0.3 is 0 Å². The lowest BCUT2D eigenvalue weighted by atomic mass is 10.0. The van der Waals surface area contributed by atoms with Crippen LogP contribution in [0.25, 0.3) is 0 Å². The van der Waals surface area contributed by atoms with E-state index in [2.05, 4.69) is 35.4 Å². The van der Waals surface area contributed by atoms with E-state index in [1.54, 1.807) is 0 Å². The Morgan fingerprint density at radius 2 is 1.94 bits per heavy atom. The summed E-state index contributed by atoms with van der Waals surface area (Å²) in [4.78, 5) is 4.42. The number of rotatable bonds is 5. The molecule has 0 fully saturated rings. The molecular weight excluding hydrogens is 244 g/mol. The van der Waals surface area contributed by atoms with E-state index < -0.39 is 0 Å². The fourth-order valence-electron chi connectivity index (χ4n) is 1.97. The molecule has 0 aliphatic rings. The first-order valence-corrected chi connectivity index (χ1v) is 6.56. The maximum absolute atomic E-state index is 5.90. The van der Waals surface area contributed by atoms with Gasteiger partial charge < -0.3 is 5.32 Å². The Balaban J connectivity index is 2.14. The minimum Gasteiger partial charge on any atom is -0.309 e. The topological polar surface area (TPSA) is 24.9 Å². The fourth-order valence-corrected chi connectivity index (χ4v) is 2.09. The minimum absolute atomic E-state index is 0.248. The highest BCUT2D eigenvalue weighted by atomic mass is 35.5. The van der Waals surface area contributed by atoms with Crippen LogP contribution in [-0.4, -0.2) is 11.5 Å². The summed E-state index contributed by atoms with van der Waals surface area (Å²) in [6, 6.07) is 14.3. The second kappa shape index (κ2) is 6.53. The summed E-state index contributed by atoms with van der Waals surface area (Å²) >= 11 is 5.90. The molecule has 0 bridgehead atoms. The highest BCUT2D eigenvalue weighted by Gasteiger charge is 2.11. The smallest absolute Gasteiger partial charge is 0.0576 e. The highest BCUT2D eigenvalue weighted by Crippen LogP contribution is 2.18. The Morgan fingerprint density at radius 1 is 1.17 bits per heavy atom. The van der Waals surface area contributed by atoms with Gasteiger partial charge in [-0.05, 0) is 42.8 Å². The van der Waals surface area contributed by atoms with Gasteiger partial charge in [-0.25, -0.2) is 0 Å². The molecule has 2 rings (SSSR count). The quantitative estimate of drug-likeness (QED) is 0.888. The third-order valence-corrected chi connectivity index (χ3v) is 3.10. The van der Waals surface area contributed by atoms with E-state index in [9.17, 15) is 0 Å². The van der Waals surface area contributed by atoms with Crippen LogP contribution in [0.3, 0.4) is 0 Å². The van der Waals surface area contributed by atoms with Gasteiger partial charge in [-0.15, -0.1) is 0 Å². The SMILES string of the molecule is CCNC(Cc1ccc(Cl)cc1)c1ccccn1. The van der Waals surface area contributed by atoms with Crippen LogP contribution in [0.4, 0.5) is 0 Å². The Kier molecular flexibility index (Phi) is 4.73. The van der Waals surface area contributed by atoms with E-state index in [1.807, 2.05) is 30.5 Å². The van der Waals surface area contributed by atoms with Crippen molar-refractivity contribution >= 4 is 11.6 Å². The minimum atomic E-state index is 0.248. The van der Waals surface area contributed by atoms with Crippen molar-refractivity contribution in [2.24, 2.45) is 0 Å². The molecule has 0 aliphatic carbocycles. The average Bonchev–Trinajstić information content (AvgIpc) is 2.42. The summed E-state index contributed by atoms with van der Waals surface area (Å²) in [6.45, 7) is 3.03. The Bertz CT molecular complexity index is 468. The lowest BCUT2D eigenvalue weighted by Crippen LogP contribution is -2.23. The van der Waals surface area contributed by atoms with Crippen LogP contribution < -0.4 is 5.32 Å². The van der Waals surface area contributed by atoms with Gasteiger partial charge in [0.2, 0.25) is 0 Å². The summed E-state index contributed by atoms with van der Waals surface area (Å²) in [5.41, 5.74) is 2.34. The van der Waals surface area contributed by atoms with Crippen molar-refractivity contribution in [2.45, 2.75) is 19.4 Å². The largest absolute Gasteiger partial charge is 0.309 e. The number of nitrogens with one attached hydrogen (secondary N) is 1. The van der Waals surface area contributed by atoms with Gasteiger partial charge in [0.1, 0.15) is 0 Å². The van der Waals surface area contributed by atoms with Gasteiger partial charge in [0.25, 0.3) is 0 Å². The van der Waals surface area contributed by atoms with Gasteiger partial charge in [0.15, 0.2) is 0 Å². The molecule has 0 saturated heterocycles. The molecule has 3 heteroatoms. The molecule has 0 spiro atoms. The maximum atomic E-state index is 5.90. The van der Waals surface area contributed by atoms with E-state index in [0.29, 0.717) is 0 Å².